The Labute approximate surface area is 139 Å². The summed E-state index contributed by atoms with van der Waals surface area (Å²) in [6, 6.07) is -2.41. The first-order valence-electron chi connectivity index (χ1n) is 7.54. The summed E-state index contributed by atoms with van der Waals surface area (Å²) in [5.74, 6) is -0.818. The van der Waals surface area contributed by atoms with Gasteiger partial charge in [-0.05, 0) is 12.8 Å². The number of rotatable bonds is 7. The number of urea groups is 1. The molecule has 1 aliphatic rings. The molecule has 0 spiro atoms. The van der Waals surface area contributed by atoms with Gasteiger partial charge in [0.1, 0.15) is 6.04 Å². The maximum absolute atomic E-state index is 12.2. The molecule has 1 rings (SSSR count). The number of aliphatic hydroxyl groups is 1. The fraction of sp³-hybridized carbons (Fsp3) is 0.692. The van der Waals surface area contributed by atoms with Crippen LogP contribution >= 0.6 is 0 Å². The van der Waals surface area contributed by atoms with Gasteiger partial charge in [-0.15, -0.1) is 0 Å². The van der Waals surface area contributed by atoms with E-state index in [-0.39, 0.29) is 37.5 Å². The molecule has 1 aliphatic heterocycles. The van der Waals surface area contributed by atoms with Crippen LogP contribution in [-0.2, 0) is 9.59 Å². The largest absolute Gasteiger partial charge is 0.395 e. The van der Waals surface area contributed by atoms with Gasteiger partial charge < -0.3 is 27.2 Å². The van der Waals surface area contributed by atoms with Crippen LogP contribution in [0.15, 0.2) is 4.99 Å². The number of carbonyl (C=O) groups is 3. The van der Waals surface area contributed by atoms with Crippen molar-refractivity contribution in [3.63, 3.8) is 0 Å². The Morgan fingerprint density at radius 1 is 1.42 bits per heavy atom. The highest BCUT2D eigenvalue weighted by molar-refractivity contribution is 6.07. The van der Waals surface area contributed by atoms with E-state index >= 15 is 0 Å². The highest BCUT2D eigenvalue weighted by Gasteiger charge is 2.31. The number of guanidine groups is 1. The van der Waals surface area contributed by atoms with Gasteiger partial charge in [0.05, 0.1) is 13.2 Å². The number of nitrogens with one attached hydrogen (secondary N) is 2. The lowest BCUT2D eigenvalue weighted by molar-refractivity contribution is -0.138. The molecule has 0 aromatic carbocycles. The topological polar surface area (TPSA) is 189 Å². The number of aliphatic imine (C=N–C) groups is 1. The number of aliphatic hydroxyl groups excluding tert-OH is 1. The number of primary amides is 1. The molecule has 1 heterocycles. The van der Waals surface area contributed by atoms with Crippen LogP contribution in [0.4, 0.5) is 4.79 Å². The quantitative estimate of drug-likeness (QED) is 0.282. The zero-order chi connectivity index (χ0) is 18.3. The molecule has 0 saturated carbocycles. The lowest BCUT2D eigenvalue weighted by Gasteiger charge is -2.30. The van der Waals surface area contributed by atoms with Crippen LogP contribution in [0, 0.1) is 0 Å². The maximum Gasteiger partial charge on any atom is 0.318 e. The Morgan fingerprint density at radius 2 is 2.04 bits per heavy atom. The van der Waals surface area contributed by atoms with Crippen molar-refractivity contribution < 1.29 is 19.5 Å². The molecule has 0 aromatic rings. The standard InChI is InChI=1S/C13H25N7O4/c1-20(10(22)4-7(14)2-3-8(15)6-21)9-5-17-13(18-11(9)23)19-12(16)24/h7-9,21H,2-6,14-15H2,1H3,(H4,16,17,18,19,23,24)/t7?,8-,9-/m0/s1. The first kappa shape index (κ1) is 19.8. The molecule has 0 radical (unpaired) electrons. The van der Waals surface area contributed by atoms with Gasteiger partial charge in [0.15, 0.2) is 0 Å². The van der Waals surface area contributed by atoms with E-state index in [0.717, 1.165) is 0 Å². The van der Waals surface area contributed by atoms with Crippen LogP contribution in [0.1, 0.15) is 19.3 Å². The van der Waals surface area contributed by atoms with E-state index in [9.17, 15) is 14.4 Å². The molecule has 3 atom stereocenters. The molecule has 0 fully saturated rings. The Kier molecular flexibility index (Phi) is 7.55. The Hall–Kier alpha value is -2.24. The summed E-state index contributed by atoms with van der Waals surface area (Å²) >= 11 is 0. The molecule has 4 amide bonds. The van der Waals surface area contributed by atoms with Gasteiger partial charge in [-0.1, -0.05) is 0 Å². The van der Waals surface area contributed by atoms with Crippen molar-refractivity contribution >= 4 is 23.8 Å². The van der Waals surface area contributed by atoms with Crippen LogP contribution in [0.5, 0.6) is 0 Å². The van der Waals surface area contributed by atoms with Crippen molar-refractivity contribution in [3.05, 3.63) is 0 Å². The highest BCUT2D eigenvalue weighted by Crippen LogP contribution is 2.08. The predicted molar refractivity (Wildman–Crippen MR) is 86.6 cm³/mol. The third-order valence-electron chi connectivity index (χ3n) is 3.65. The Bertz CT molecular complexity index is 511. The summed E-state index contributed by atoms with van der Waals surface area (Å²) in [6.45, 7) is -0.128. The summed E-state index contributed by atoms with van der Waals surface area (Å²) in [5.41, 5.74) is 16.4. The number of carbonyl (C=O) groups excluding carboxylic acids is 3. The number of nitrogens with zero attached hydrogens (tertiary/aromatic N) is 2. The van der Waals surface area contributed by atoms with Crippen molar-refractivity contribution in [3.8, 4) is 0 Å². The summed E-state index contributed by atoms with van der Waals surface area (Å²) in [7, 11) is 1.49. The summed E-state index contributed by atoms with van der Waals surface area (Å²) in [6.07, 6.45) is 1.04. The first-order chi connectivity index (χ1) is 11.2. The van der Waals surface area contributed by atoms with Crippen molar-refractivity contribution in [2.45, 2.75) is 37.4 Å². The van der Waals surface area contributed by atoms with E-state index in [1.54, 1.807) is 0 Å². The zero-order valence-electron chi connectivity index (χ0n) is 13.6. The molecule has 0 aromatic heterocycles. The average Bonchev–Trinajstić information content (AvgIpc) is 2.51. The average molecular weight is 343 g/mol. The second-order valence-electron chi connectivity index (χ2n) is 5.67. The molecule has 0 aliphatic carbocycles. The highest BCUT2D eigenvalue weighted by atomic mass is 16.3. The van der Waals surface area contributed by atoms with Crippen molar-refractivity contribution in [2.75, 3.05) is 20.2 Å². The normalized spacial score (nSPS) is 19.8. The SMILES string of the molecule is CN(C(=O)CC(N)CC[C@H](N)CO)[C@H]1CN=C(NC(N)=O)NC1=O. The lowest BCUT2D eigenvalue weighted by atomic mass is 10.0. The van der Waals surface area contributed by atoms with Gasteiger partial charge >= 0.3 is 6.03 Å². The minimum Gasteiger partial charge on any atom is -0.395 e. The fourth-order valence-electron chi connectivity index (χ4n) is 2.15. The summed E-state index contributed by atoms with van der Waals surface area (Å²) in [4.78, 5) is 40.2. The fourth-order valence-corrected chi connectivity index (χ4v) is 2.15. The van der Waals surface area contributed by atoms with Gasteiger partial charge in [0.2, 0.25) is 11.9 Å². The van der Waals surface area contributed by atoms with E-state index in [0.29, 0.717) is 12.8 Å². The van der Waals surface area contributed by atoms with Crippen molar-refractivity contribution in [2.24, 2.45) is 22.2 Å². The third-order valence-corrected chi connectivity index (χ3v) is 3.65. The van der Waals surface area contributed by atoms with Crippen LogP contribution in [0.25, 0.3) is 0 Å². The summed E-state index contributed by atoms with van der Waals surface area (Å²) < 4.78 is 0. The smallest absolute Gasteiger partial charge is 0.318 e. The van der Waals surface area contributed by atoms with Gasteiger partial charge in [0.25, 0.3) is 5.91 Å². The monoisotopic (exact) mass is 343 g/mol. The maximum atomic E-state index is 12.2. The zero-order valence-corrected chi connectivity index (χ0v) is 13.6. The molecule has 9 N–H and O–H groups in total. The van der Waals surface area contributed by atoms with Crippen LogP contribution < -0.4 is 27.8 Å². The van der Waals surface area contributed by atoms with E-state index in [1.165, 1.54) is 11.9 Å². The second kappa shape index (κ2) is 9.15. The van der Waals surface area contributed by atoms with Crippen molar-refractivity contribution in [1.82, 2.24) is 15.5 Å². The number of likely N-dealkylation sites (N-methyl/N-ethyl adjacent to an activating group) is 1. The first-order valence-corrected chi connectivity index (χ1v) is 7.54. The minimum atomic E-state index is -0.844. The predicted octanol–water partition coefficient (Wildman–Crippen LogP) is -3.22. The number of hydrogen-bond acceptors (Lipinski definition) is 7. The number of hydrogen-bond donors (Lipinski definition) is 6. The molecular formula is C13H25N7O4. The Morgan fingerprint density at radius 3 is 2.58 bits per heavy atom. The molecule has 11 heteroatoms. The van der Waals surface area contributed by atoms with Gasteiger partial charge in [-0.3, -0.25) is 20.2 Å². The molecule has 11 nitrogen and oxygen atoms in total. The summed E-state index contributed by atoms with van der Waals surface area (Å²) in [5, 5.41) is 13.4. The van der Waals surface area contributed by atoms with Gasteiger partial charge in [-0.2, -0.15) is 0 Å². The molecule has 1 unspecified atom stereocenters. The molecular weight excluding hydrogens is 318 g/mol. The van der Waals surface area contributed by atoms with E-state index in [4.69, 9.17) is 22.3 Å². The lowest BCUT2D eigenvalue weighted by Crippen LogP contribution is -2.58. The third kappa shape index (κ3) is 6.10. The van der Waals surface area contributed by atoms with Crippen LogP contribution in [0.2, 0.25) is 0 Å². The van der Waals surface area contributed by atoms with Crippen LogP contribution in [0.3, 0.4) is 0 Å². The van der Waals surface area contributed by atoms with E-state index < -0.39 is 24.0 Å². The van der Waals surface area contributed by atoms with Gasteiger partial charge in [0, 0.05) is 25.6 Å². The molecule has 24 heavy (non-hydrogen) atoms. The van der Waals surface area contributed by atoms with Crippen molar-refractivity contribution in [1.29, 1.82) is 0 Å². The molecule has 0 bridgehead atoms. The van der Waals surface area contributed by atoms with E-state index in [1.807, 2.05) is 0 Å². The molecule has 136 valence electrons. The second-order valence-corrected chi connectivity index (χ2v) is 5.67. The molecule has 0 saturated heterocycles. The number of amides is 4. The Balaban J connectivity index is 2.52. The minimum absolute atomic E-state index is 0.00825. The van der Waals surface area contributed by atoms with E-state index in [2.05, 4.69) is 15.6 Å². The number of nitrogens with two attached hydrogens (primary N) is 3. The van der Waals surface area contributed by atoms with Gasteiger partial charge in [-0.25, -0.2) is 9.79 Å². The van der Waals surface area contributed by atoms with Crippen LogP contribution in [-0.4, -0.2) is 72.1 Å².